The number of carboxylic acids is 1. The van der Waals surface area contributed by atoms with Gasteiger partial charge in [0.15, 0.2) is 5.76 Å². The van der Waals surface area contributed by atoms with Crippen molar-refractivity contribution >= 4 is 11.9 Å². The molecular formula is C14H19NO4. The van der Waals surface area contributed by atoms with Crippen LogP contribution in [0.3, 0.4) is 0 Å². The fourth-order valence-corrected chi connectivity index (χ4v) is 2.74. The number of rotatable bonds is 2. The van der Waals surface area contributed by atoms with E-state index in [0.717, 1.165) is 5.56 Å². The van der Waals surface area contributed by atoms with Gasteiger partial charge >= 0.3 is 5.97 Å². The summed E-state index contributed by atoms with van der Waals surface area (Å²) in [6.45, 7) is 6.00. The molecule has 19 heavy (non-hydrogen) atoms. The fourth-order valence-electron chi connectivity index (χ4n) is 2.74. The van der Waals surface area contributed by atoms with Crippen molar-refractivity contribution in [2.75, 3.05) is 6.54 Å². The average Bonchev–Trinajstić information content (AvgIpc) is 2.67. The van der Waals surface area contributed by atoms with Crippen LogP contribution in [0.5, 0.6) is 0 Å². The van der Waals surface area contributed by atoms with Crippen LogP contribution in [0.2, 0.25) is 0 Å². The Balaban J connectivity index is 2.23. The van der Waals surface area contributed by atoms with Crippen molar-refractivity contribution in [3.8, 4) is 0 Å². The van der Waals surface area contributed by atoms with E-state index in [-0.39, 0.29) is 11.9 Å². The van der Waals surface area contributed by atoms with Crippen molar-refractivity contribution in [1.82, 2.24) is 4.90 Å². The lowest BCUT2D eigenvalue weighted by molar-refractivity contribution is -0.145. The number of furan rings is 1. The second-order valence-electron chi connectivity index (χ2n) is 5.20. The number of hydrogen-bond acceptors (Lipinski definition) is 3. The molecule has 1 amide bonds. The standard InChI is InChI=1S/C14H19NO4/c1-8-7-9(2)19-12(8)13(16)15-6-4-5-11(10(15)3)14(17)18/h7,10-11H,4-6H2,1-3H3,(H,17,18)/t10-,11-/m1/s1. The van der Waals surface area contributed by atoms with Gasteiger partial charge in [0.25, 0.3) is 5.91 Å². The fraction of sp³-hybridized carbons (Fsp3) is 0.571. The third-order valence-corrected chi connectivity index (χ3v) is 3.80. The molecule has 2 heterocycles. The average molecular weight is 265 g/mol. The van der Waals surface area contributed by atoms with Crippen LogP contribution >= 0.6 is 0 Å². The highest BCUT2D eigenvalue weighted by atomic mass is 16.4. The smallest absolute Gasteiger partial charge is 0.308 e. The number of carbonyl (C=O) groups is 2. The van der Waals surface area contributed by atoms with Gasteiger partial charge in [-0.05, 0) is 39.7 Å². The molecule has 0 saturated carbocycles. The lowest BCUT2D eigenvalue weighted by Crippen LogP contribution is -2.49. The highest BCUT2D eigenvalue weighted by Crippen LogP contribution is 2.26. The Morgan fingerprint density at radius 3 is 2.63 bits per heavy atom. The number of aliphatic carboxylic acids is 1. The van der Waals surface area contributed by atoms with Gasteiger partial charge in [0.1, 0.15) is 5.76 Å². The van der Waals surface area contributed by atoms with E-state index in [4.69, 9.17) is 4.42 Å². The van der Waals surface area contributed by atoms with Crippen LogP contribution in [0.15, 0.2) is 10.5 Å². The Kier molecular flexibility index (Phi) is 3.64. The normalized spacial score (nSPS) is 23.4. The molecule has 1 saturated heterocycles. The largest absolute Gasteiger partial charge is 0.481 e. The van der Waals surface area contributed by atoms with Crippen LogP contribution in [0.1, 0.15) is 41.6 Å². The third kappa shape index (κ3) is 2.50. The van der Waals surface area contributed by atoms with Crippen LogP contribution in [-0.4, -0.2) is 34.5 Å². The molecule has 0 unspecified atom stereocenters. The molecule has 1 N–H and O–H groups in total. The molecule has 0 aromatic carbocycles. The third-order valence-electron chi connectivity index (χ3n) is 3.80. The molecule has 5 nitrogen and oxygen atoms in total. The number of piperidine rings is 1. The molecule has 0 radical (unpaired) electrons. The van der Waals surface area contributed by atoms with Crippen LogP contribution in [-0.2, 0) is 4.79 Å². The molecule has 2 atom stereocenters. The quantitative estimate of drug-likeness (QED) is 0.890. The molecule has 1 aromatic heterocycles. The summed E-state index contributed by atoms with van der Waals surface area (Å²) in [6.07, 6.45) is 1.34. The first-order chi connectivity index (χ1) is 8.91. The van der Waals surface area contributed by atoms with E-state index in [1.807, 2.05) is 13.0 Å². The summed E-state index contributed by atoms with van der Waals surface area (Å²) in [7, 11) is 0. The second-order valence-corrected chi connectivity index (χ2v) is 5.20. The summed E-state index contributed by atoms with van der Waals surface area (Å²) >= 11 is 0. The van der Waals surface area contributed by atoms with Crippen molar-refractivity contribution in [1.29, 1.82) is 0 Å². The van der Waals surface area contributed by atoms with E-state index in [1.54, 1.807) is 18.7 Å². The van der Waals surface area contributed by atoms with Gasteiger partial charge in [0, 0.05) is 18.2 Å². The summed E-state index contributed by atoms with van der Waals surface area (Å²) in [5, 5.41) is 9.18. The predicted molar refractivity (Wildman–Crippen MR) is 69.0 cm³/mol. The van der Waals surface area contributed by atoms with Crippen LogP contribution in [0.25, 0.3) is 0 Å². The SMILES string of the molecule is Cc1cc(C)c(C(=O)N2CCC[C@@H](C(=O)O)[C@H]2C)o1. The minimum Gasteiger partial charge on any atom is -0.481 e. The van der Waals surface area contributed by atoms with Crippen LogP contribution in [0.4, 0.5) is 0 Å². The first-order valence-corrected chi connectivity index (χ1v) is 6.52. The molecule has 1 aromatic rings. The van der Waals surface area contributed by atoms with Gasteiger partial charge in [-0.25, -0.2) is 0 Å². The number of likely N-dealkylation sites (tertiary alicyclic amines) is 1. The number of aryl methyl sites for hydroxylation is 2. The molecule has 1 aliphatic heterocycles. The molecule has 5 heteroatoms. The number of amides is 1. The number of carbonyl (C=O) groups excluding carboxylic acids is 1. The zero-order valence-electron chi connectivity index (χ0n) is 11.5. The molecule has 0 bridgehead atoms. The number of nitrogens with zero attached hydrogens (tertiary/aromatic N) is 1. The van der Waals surface area contributed by atoms with E-state index < -0.39 is 11.9 Å². The van der Waals surface area contributed by atoms with Crippen LogP contribution in [0, 0.1) is 19.8 Å². The molecule has 104 valence electrons. The van der Waals surface area contributed by atoms with Gasteiger partial charge in [-0.2, -0.15) is 0 Å². The Morgan fingerprint density at radius 1 is 1.42 bits per heavy atom. The summed E-state index contributed by atoms with van der Waals surface area (Å²) in [5.41, 5.74) is 0.798. The highest BCUT2D eigenvalue weighted by Gasteiger charge is 2.36. The van der Waals surface area contributed by atoms with Gasteiger partial charge in [-0.3, -0.25) is 9.59 Å². The molecule has 1 fully saturated rings. The van der Waals surface area contributed by atoms with Crippen molar-refractivity contribution in [2.45, 2.75) is 39.7 Å². The minimum absolute atomic E-state index is 0.205. The maximum atomic E-state index is 12.5. The van der Waals surface area contributed by atoms with Crippen LogP contribution < -0.4 is 0 Å². The molecule has 1 aliphatic rings. The summed E-state index contributed by atoms with van der Waals surface area (Å²) in [4.78, 5) is 25.2. The monoisotopic (exact) mass is 265 g/mol. The van der Waals surface area contributed by atoms with Crippen molar-refractivity contribution in [3.05, 3.63) is 23.2 Å². The second kappa shape index (κ2) is 5.07. The zero-order valence-corrected chi connectivity index (χ0v) is 11.5. The van der Waals surface area contributed by atoms with E-state index in [1.165, 1.54) is 0 Å². The van der Waals surface area contributed by atoms with Gasteiger partial charge in [0.2, 0.25) is 0 Å². The van der Waals surface area contributed by atoms with Crippen molar-refractivity contribution in [2.24, 2.45) is 5.92 Å². The molecular weight excluding hydrogens is 246 g/mol. The van der Waals surface area contributed by atoms with Crippen molar-refractivity contribution < 1.29 is 19.1 Å². The Bertz CT molecular complexity index is 506. The summed E-state index contributed by atoms with van der Waals surface area (Å²) in [5.74, 6) is -0.508. The lowest BCUT2D eigenvalue weighted by Gasteiger charge is -2.37. The Labute approximate surface area is 112 Å². The van der Waals surface area contributed by atoms with Gasteiger partial charge in [-0.1, -0.05) is 0 Å². The maximum Gasteiger partial charge on any atom is 0.308 e. The van der Waals surface area contributed by atoms with Gasteiger partial charge in [-0.15, -0.1) is 0 Å². The number of carboxylic acid groups (broad SMARTS) is 1. The topological polar surface area (TPSA) is 70.8 Å². The van der Waals surface area contributed by atoms with E-state index >= 15 is 0 Å². The molecule has 0 spiro atoms. The van der Waals surface area contributed by atoms with E-state index in [2.05, 4.69) is 0 Å². The first kappa shape index (κ1) is 13.6. The Hall–Kier alpha value is -1.78. The maximum absolute atomic E-state index is 12.5. The lowest BCUT2D eigenvalue weighted by atomic mass is 9.90. The number of hydrogen-bond donors (Lipinski definition) is 1. The Morgan fingerprint density at radius 2 is 2.11 bits per heavy atom. The predicted octanol–water partition coefficient (Wildman–Crippen LogP) is 2.22. The van der Waals surface area contributed by atoms with E-state index in [9.17, 15) is 14.7 Å². The highest BCUT2D eigenvalue weighted by molar-refractivity contribution is 5.93. The van der Waals surface area contributed by atoms with Gasteiger partial charge in [0.05, 0.1) is 5.92 Å². The van der Waals surface area contributed by atoms with E-state index in [0.29, 0.717) is 30.9 Å². The van der Waals surface area contributed by atoms with Gasteiger partial charge < -0.3 is 14.4 Å². The minimum atomic E-state index is -0.836. The summed E-state index contributed by atoms with van der Waals surface area (Å²) in [6, 6.07) is 1.51. The summed E-state index contributed by atoms with van der Waals surface area (Å²) < 4.78 is 5.43. The zero-order chi connectivity index (χ0) is 14.2. The molecule has 2 rings (SSSR count). The van der Waals surface area contributed by atoms with Crippen molar-refractivity contribution in [3.63, 3.8) is 0 Å². The molecule has 0 aliphatic carbocycles. The first-order valence-electron chi connectivity index (χ1n) is 6.52.